The standard InChI is InChI=1S/C20H21ClO6/c1-11-8-15-14(27-15)7-5-4-6-12(22)9-13-18(20(23)26-11)16(24-2)10-17(25-3)19(13)21/h4-7,10-11,14-15H,8-9H2,1-3H3/t11-,14+,15+/m1/s1. The van der Waals surface area contributed by atoms with Crippen molar-refractivity contribution in [1.29, 1.82) is 0 Å². The molecule has 0 unspecified atom stereocenters. The number of carbonyl (C=O) groups excluding carboxylic acids is 2. The van der Waals surface area contributed by atoms with Gasteiger partial charge >= 0.3 is 5.97 Å². The monoisotopic (exact) mass is 392 g/mol. The summed E-state index contributed by atoms with van der Waals surface area (Å²) < 4.78 is 21.7. The van der Waals surface area contributed by atoms with Gasteiger partial charge in [-0.25, -0.2) is 4.79 Å². The summed E-state index contributed by atoms with van der Waals surface area (Å²) in [5.41, 5.74) is 0.457. The fraction of sp³-hybridized carbons (Fsp3) is 0.400. The Labute approximate surface area is 162 Å². The first-order valence-corrected chi connectivity index (χ1v) is 8.99. The first-order chi connectivity index (χ1) is 12.9. The number of hydrogen-bond donors (Lipinski definition) is 0. The van der Waals surface area contributed by atoms with Crippen LogP contribution >= 0.6 is 11.6 Å². The minimum Gasteiger partial charge on any atom is -0.496 e. The topological polar surface area (TPSA) is 74.4 Å². The lowest BCUT2D eigenvalue weighted by Crippen LogP contribution is -2.20. The molecular weight excluding hydrogens is 372 g/mol. The van der Waals surface area contributed by atoms with Gasteiger partial charge in [0.1, 0.15) is 29.3 Å². The van der Waals surface area contributed by atoms with Gasteiger partial charge in [0.05, 0.1) is 25.3 Å². The van der Waals surface area contributed by atoms with Crippen molar-refractivity contribution in [3.63, 3.8) is 0 Å². The maximum absolute atomic E-state index is 12.9. The number of methoxy groups -OCH3 is 2. The Morgan fingerprint density at radius 2 is 1.89 bits per heavy atom. The summed E-state index contributed by atoms with van der Waals surface area (Å²) in [6, 6.07) is 1.51. The Balaban J connectivity index is 2.06. The second-order valence-corrected chi connectivity index (χ2v) is 6.80. The summed E-state index contributed by atoms with van der Waals surface area (Å²) in [5, 5.41) is 0.188. The van der Waals surface area contributed by atoms with E-state index in [1.165, 1.54) is 26.4 Å². The fourth-order valence-electron chi connectivity index (χ4n) is 3.06. The summed E-state index contributed by atoms with van der Waals surface area (Å²) in [6.07, 6.45) is 6.84. The average Bonchev–Trinajstić information content (AvgIpc) is 3.36. The molecule has 1 fully saturated rings. The molecule has 0 amide bonds. The normalized spacial score (nSPS) is 25.1. The number of fused-ring (bicyclic) bond motifs is 2. The molecule has 2 heterocycles. The van der Waals surface area contributed by atoms with Gasteiger partial charge < -0.3 is 18.9 Å². The first kappa shape index (κ1) is 19.5. The molecular formula is C20H21ClO6. The van der Waals surface area contributed by atoms with E-state index in [2.05, 4.69) is 0 Å². The third-order valence-electron chi connectivity index (χ3n) is 4.47. The molecule has 6 nitrogen and oxygen atoms in total. The highest BCUT2D eigenvalue weighted by Gasteiger charge is 2.38. The smallest absolute Gasteiger partial charge is 0.342 e. The average molecular weight is 393 g/mol. The van der Waals surface area contributed by atoms with Crippen LogP contribution in [0.2, 0.25) is 5.02 Å². The molecule has 3 atom stereocenters. The molecule has 0 bridgehead atoms. The van der Waals surface area contributed by atoms with Gasteiger partial charge in [-0.2, -0.15) is 0 Å². The van der Waals surface area contributed by atoms with Gasteiger partial charge in [0.2, 0.25) is 0 Å². The van der Waals surface area contributed by atoms with Crippen LogP contribution in [0.1, 0.15) is 29.3 Å². The predicted octanol–water partition coefficient (Wildman–Crippen LogP) is 3.30. The summed E-state index contributed by atoms with van der Waals surface area (Å²) in [7, 11) is 2.88. The maximum Gasteiger partial charge on any atom is 0.342 e. The third-order valence-corrected chi connectivity index (χ3v) is 4.89. The Hall–Kier alpha value is -2.31. The predicted molar refractivity (Wildman–Crippen MR) is 99.7 cm³/mol. The fourth-order valence-corrected chi connectivity index (χ4v) is 3.36. The summed E-state index contributed by atoms with van der Waals surface area (Å²) in [5.74, 6) is -0.252. The number of hydrogen-bond acceptors (Lipinski definition) is 6. The Morgan fingerprint density at radius 1 is 1.15 bits per heavy atom. The van der Waals surface area contributed by atoms with Crippen LogP contribution in [-0.4, -0.2) is 44.3 Å². The molecule has 0 radical (unpaired) electrons. The minimum absolute atomic E-state index is 0.00286. The SMILES string of the molecule is COc1cc(OC)c2c(c1Cl)CC(=O)C=CC=C[C@@H]1O[C@H]1C[C@@H](C)OC2=O. The molecule has 7 heteroatoms. The zero-order chi connectivity index (χ0) is 19.6. The van der Waals surface area contributed by atoms with Crippen molar-refractivity contribution >= 4 is 23.4 Å². The highest BCUT2D eigenvalue weighted by molar-refractivity contribution is 6.33. The van der Waals surface area contributed by atoms with Crippen molar-refractivity contribution in [2.24, 2.45) is 0 Å². The van der Waals surface area contributed by atoms with Crippen LogP contribution in [0.5, 0.6) is 11.5 Å². The van der Waals surface area contributed by atoms with Crippen molar-refractivity contribution in [3.8, 4) is 11.5 Å². The van der Waals surface area contributed by atoms with E-state index in [1.807, 2.05) is 6.08 Å². The minimum atomic E-state index is -0.597. The van der Waals surface area contributed by atoms with E-state index >= 15 is 0 Å². The second-order valence-electron chi connectivity index (χ2n) is 6.43. The van der Waals surface area contributed by atoms with Crippen molar-refractivity contribution in [3.05, 3.63) is 46.5 Å². The number of allylic oxidation sites excluding steroid dienone is 3. The van der Waals surface area contributed by atoms with Crippen molar-refractivity contribution in [2.45, 2.75) is 38.1 Å². The number of ketones is 1. The lowest BCUT2D eigenvalue weighted by atomic mass is 9.99. The van der Waals surface area contributed by atoms with Gasteiger partial charge in [-0.1, -0.05) is 29.8 Å². The Bertz CT molecular complexity index is 813. The van der Waals surface area contributed by atoms with E-state index in [9.17, 15) is 9.59 Å². The number of ether oxygens (including phenoxy) is 4. The molecule has 2 aliphatic rings. The van der Waals surface area contributed by atoms with Crippen LogP contribution in [-0.2, 0) is 20.7 Å². The molecule has 0 aliphatic carbocycles. The third kappa shape index (κ3) is 4.34. The Morgan fingerprint density at radius 3 is 2.59 bits per heavy atom. The van der Waals surface area contributed by atoms with Gasteiger partial charge in [0, 0.05) is 24.5 Å². The number of benzene rings is 1. The zero-order valence-corrected chi connectivity index (χ0v) is 16.1. The summed E-state index contributed by atoms with van der Waals surface area (Å²) in [6.45, 7) is 1.80. The van der Waals surface area contributed by atoms with E-state index in [4.69, 9.17) is 30.5 Å². The first-order valence-electron chi connectivity index (χ1n) is 8.62. The number of epoxide rings is 1. The highest BCUT2D eigenvalue weighted by atomic mass is 35.5. The molecule has 0 saturated carbocycles. The van der Waals surface area contributed by atoms with Crippen LogP contribution in [0, 0.1) is 0 Å². The van der Waals surface area contributed by atoms with E-state index in [0.29, 0.717) is 17.7 Å². The molecule has 0 N–H and O–H groups in total. The number of carbonyl (C=O) groups is 2. The quantitative estimate of drug-likeness (QED) is 0.568. The van der Waals surface area contributed by atoms with Crippen molar-refractivity contribution in [1.82, 2.24) is 0 Å². The van der Waals surface area contributed by atoms with Crippen molar-refractivity contribution < 1.29 is 28.5 Å². The molecule has 0 spiro atoms. The molecule has 0 aromatic heterocycles. The van der Waals surface area contributed by atoms with Gasteiger partial charge in [-0.05, 0) is 13.0 Å². The lowest BCUT2D eigenvalue weighted by molar-refractivity contribution is -0.114. The Kier molecular flexibility index (Phi) is 5.87. The maximum atomic E-state index is 12.9. The van der Waals surface area contributed by atoms with Gasteiger partial charge in [0.15, 0.2) is 5.78 Å². The number of cyclic esters (lactones) is 1. The van der Waals surface area contributed by atoms with Gasteiger partial charge in [-0.3, -0.25) is 4.79 Å². The molecule has 2 aliphatic heterocycles. The molecule has 144 valence electrons. The van der Waals surface area contributed by atoms with Crippen LogP contribution in [0.4, 0.5) is 0 Å². The van der Waals surface area contributed by atoms with Gasteiger partial charge in [0.25, 0.3) is 0 Å². The van der Waals surface area contributed by atoms with Crippen LogP contribution in [0.15, 0.2) is 30.4 Å². The van der Waals surface area contributed by atoms with Crippen LogP contribution in [0.25, 0.3) is 0 Å². The van der Waals surface area contributed by atoms with E-state index in [1.54, 1.807) is 19.1 Å². The lowest BCUT2D eigenvalue weighted by Gasteiger charge is -2.19. The second kappa shape index (κ2) is 8.15. The van der Waals surface area contributed by atoms with E-state index in [0.717, 1.165) is 0 Å². The largest absolute Gasteiger partial charge is 0.496 e. The number of rotatable bonds is 2. The highest BCUT2D eigenvalue weighted by Crippen LogP contribution is 2.39. The molecule has 1 aromatic carbocycles. The summed E-state index contributed by atoms with van der Waals surface area (Å²) in [4.78, 5) is 25.2. The number of halogens is 1. The zero-order valence-electron chi connectivity index (χ0n) is 15.4. The van der Waals surface area contributed by atoms with Crippen LogP contribution in [0.3, 0.4) is 0 Å². The van der Waals surface area contributed by atoms with Gasteiger partial charge in [-0.15, -0.1) is 0 Å². The number of esters is 1. The molecule has 3 rings (SSSR count). The molecule has 1 aromatic rings. The molecule has 27 heavy (non-hydrogen) atoms. The summed E-state index contributed by atoms with van der Waals surface area (Å²) >= 11 is 6.41. The van der Waals surface area contributed by atoms with Crippen LogP contribution < -0.4 is 9.47 Å². The van der Waals surface area contributed by atoms with E-state index in [-0.39, 0.29) is 46.9 Å². The molecule has 1 saturated heterocycles. The van der Waals surface area contributed by atoms with E-state index < -0.39 is 5.97 Å². The van der Waals surface area contributed by atoms with Crippen molar-refractivity contribution in [2.75, 3.05) is 14.2 Å².